The van der Waals surface area contributed by atoms with Gasteiger partial charge in [0, 0.05) is 11.8 Å². The van der Waals surface area contributed by atoms with Crippen molar-refractivity contribution in [2.75, 3.05) is 30.5 Å². The lowest BCUT2D eigenvalue weighted by Gasteiger charge is -2.18. The van der Waals surface area contributed by atoms with Crippen molar-refractivity contribution in [1.29, 1.82) is 0 Å². The van der Waals surface area contributed by atoms with Crippen molar-refractivity contribution in [3.05, 3.63) is 35.9 Å². The van der Waals surface area contributed by atoms with Crippen LogP contribution in [0.3, 0.4) is 0 Å². The van der Waals surface area contributed by atoms with Gasteiger partial charge in [0.05, 0.1) is 13.2 Å². The summed E-state index contributed by atoms with van der Waals surface area (Å²) in [5.41, 5.74) is 7.80. The summed E-state index contributed by atoms with van der Waals surface area (Å²) >= 11 is 1.58. The van der Waals surface area contributed by atoms with Crippen LogP contribution in [0.4, 0.5) is 11.5 Å². The summed E-state index contributed by atoms with van der Waals surface area (Å²) in [6.45, 7) is 2.47. The maximum absolute atomic E-state index is 11.3. The van der Waals surface area contributed by atoms with Crippen LogP contribution in [0.1, 0.15) is 38.2 Å². The zero-order chi connectivity index (χ0) is 22.1. The molecule has 0 saturated heterocycles. The Morgan fingerprint density at radius 2 is 2.06 bits per heavy atom. The molecule has 31 heavy (non-hydrogen) atoms. The Labute approximate surface area is 187 Å². The molecule has 0 radical (unpaired) electrons. The Morgan fingerprint density at radius 3 is 2.81 bits per heavy atom. The van der Waals surface area contributed by atoms with Crippen LogP contribution in [-0.4, -0.2) is 47.6 Å². The van der Waals surface area contributed by atoms with Gasteiger partial charge >= 0.3 is 5.97 Å². The van der Waals surface area contributed by atoms with Gasteiger partial charge in [-0.2, -0.15) is 4.98 Å². The molecule has 1 fully saturated rings. The minimum Gasteiger partial charge on any atom is -0.471 e. The number of nitrogens with two attached hydrogens (primary N) is 1. The number of carbonyl (C=O) groups excluding carboxylic acids is 1. The molecule has 0 spiro atoms. The van der Waals surface area contributed by atoms with Crippen LogP contribution >= 0.6 is 11.8 Å². The molecule has 1 aliphatic carbocycles. The number of rotatable bonds is 11. The van der Waals surface area contributed by atoms with Gasteiger partial charge in [0.1, 0.15) is 18.9 Å². The molecule has 3 rings (SSSR count). The second kappa shape index (κ2) is 11.8. The Bertz CT molecular complexity index is 853. The molecule has 2 aromatic rings. The molecule has 168 valence electrons. The van der Waals surface area contributed by atoms with Gasteiger partial charge in [0.2, 0.25) is 5.88 Å². The average molecular weight is 447 g/mol. The average Bonchev–Trinajstić information content (AvgIpc) is 3.24. The number of benzene rings is 1. The number of nitrogen functional groups attached to an aromatic ring is 1. The van der Waals surface area contributed by atoms with Crippen LogP contribution in [0, 0.1) is 0 Å². The van der Waals surface area contributed by atoms with Crippen molar-refractivity contribution >= 4 is 29.2 Å². The molecule has 1 saturated carbocycles. The first-order valence-electron chi connectivity index (χ1n) is 10.5. The minimum absolute atomic E-state index is 0.00222. The third-order valence-corrected chi connectivity index (χ3v) is 5.99. The zero-order valence-corrected chi connectivity index (χ0v) is 18.8. The van der Waals surface area contributed by atoms with E-state index in [9.17, 15) is 4.79 Å². The van der Waals surface area contributed by atoms with Crippen molar-refractivity contribution in [3.63, 3.8) is 0 Å². The predicted molar refractivity (Wildman–Crippen MR) is 121 cm³/mol. The quantitative estimate of drug-likeness (QED) is 0.304. The maximum Gasteiger partial charge on any atom is 0.331 e. The van der Waals surface area contributed by atoms with Crippen LogP contribution in [0.2, 0.25) is 0 Å². The molecule has 1 aliphatic rings. The van der Waals surface area contributed by atoms with Crippen LogP contribution in [0.5, 0.6) is 5.88 Å². The van der Waals surface area contributed by atoms with Crippen LogP contribution in [0.25, 0.3) is 0 Å². The van der Waals surface area contributed by atoms with Crippen LogP contribution in [-0.2, 0) is 20.9 Å². The first-order valence-corrected chi connectivity index (χ1v) is 11.5. The molecule has 1 heterocycles. The fourth-order valence-corrected chi connectivity index (χ4v) is 3.98. The van der Waals surface area contributed by atoms with E-state index in [2.05, 4.69) is 26.9 Å². The molecule has 8 nitrogen and oxygen atoms in total. The number of methoxy groups -OCH3 is 1. The molecule has 1 aromatic carbocycles. The summed E-state index contributed by atoms with van der Waals surface area (Å²) in [7, 11) is 1.36. The highest BCUT2D eigenvalue weighted by Crippen LogP contribution is 2.33. The smallest absolute Gasteiger partial charge is 0.331 e. The Morgan fingerprint density at radius 1 is 1.26 bits per heavy atom. The predicted octanol–water partition coefficient (Wildman–Crippen LogP) is 3.66. The van der Waals surface area contributed by atoms with E-state index in [1.807, 2.05) is 30.3 Å². The molecule has 2 unspecified atom stereocenters. The van der Waals surface area contributed by atoms with Crippen LogP contribution in [0.15, 0.2) is 35.5 Å². The van der Waals surface area contributed by atoms with Gasteiger partial charge in [0.25, 0.3) is 0 Å². The summed E-state index contributed by atoms with van der Waals surface area (Å²) in [6, 6.07) is 10.0. The van der Waals surface area contributed by atoms with E-state index in [1.165, 1.54) is 7.11 Å². The number of thioether (sulfide) groups is 1. The van der Waals surface area contributed by atoms with E-state index in [1.54, 1.807) is 11.8 Å². The highest BCUT2D eigenvalue weighted by atomic mass is 32.2. The van der Waals surface area contributed by atoms with Gasteiger partial charge in [-0.15, -0.1) is 0 Å². The first-order chi connectivity index (χ1) is 15.1. The van der Waals surface area contributed by atoms with Gasteiger partial charge in [-0.1, -0.05) is 49.0 Å². The lowest BCUT2D eigenvalue weighted by atomic mass is 10.2. The number of hydrogen-bond donors (Lipinski definition) is 2. The number of carbonyl (C=O) groups is 1. The summed E-state index contributed by atoms with van der Waals surface area (Å²) in [5.74, 6) is 1.51. The molecule has 1 aromatic heterocycles. The molecule has 0 aliphatic heterocycles. The zero-order valence-electron chi connectivity index (χ0n) is 18.0. The molecular formula is C22H30N4O4S. The normalized spacial score (nSPS) is 18.0. The lowest BCUT2D eigenvalue weighted by Crippen LogP contribution is -2.22. The fourth-order valence-electron chi connectivity index (χ4n) is 3.29. The Hall–Kier alpha value is -2.52. The van der Waals surface area contributed by atoms with E-state index < -0.39 is 0 Å². The number of aromatic nitrogens is 2. The molecular weight excluding hydrogens is 416 g/mol. The molecule has 2 atom stereocenters. The van der Waals surface area contributed by atoms with Crippen molar-refractivity contribution in [2.24, 2.45) is 0 Å². The largest absolute Gasteiger partial charge is 0.471 e. The lowest BCUT2D eigenvalue weighted by molar-refractivity contribution is -0.147. The fraction of sp³-hybridized carbons (Fsp3) is 0.500. The maximum atomic E-state index is 11.3. The van der Waals surface area contributed by atoms with Gasteiger partial charge in [-0.3, -0.25) is 0 Å². The monoisotopic (exact) mass is 446 g/mol. The number of nitrogens with zero attached hydrogens (tertiary/aromatic N) is 2. The minimum atomic E-state index is -0.366. The number of hydrogen-bond acceptors (Lipinski definition) is 9. The Balaban J connectivity index is 1.67. The second-order valence-electron chi connectivity index (χ2n) is 7.36. The summed E-state index contributed by atoms with van der Waals surface area (Å²) in [4.78, 5) is 20.4. The van der Waals surface area contributed by atoms with Gasteiger partial charge in [-0.05, 0) is 31.2 Å². The van der Waals surface area contributed by atoms with Gasteiger partial charge < -0.3 is 25.3 Å². The highest BCUT2D eigenvalue weighted by molar-refractivity contribution is 7.99. The Kier molecular flexibility index (Phi) is 8.78. The van der Waals surface area contributed by atoms with E-state index in [0.717, 1.165) is 37.0 Å². The molecule has 9 heteroatoms. The second-order valence-corrected chi connectivity index (χ2v) is 8.42. The number of ether oxygens (including phenoxy) is 3. The SMILES string of the molecule is CCCSc1nc(NC2CCC(OCC(=O)OC)C2)c(N)c(OCc2ccccc2)n1. The summed E-state index contributed by atoms with van der Waals surface area (Å²) < 4.78 is 16.2. The first kappa shape index (κ1) is 23.1. The van der Waals surface area contributed by atoms with E-state index >= 15 is 0 Å². The van der Waals surface area contributed by atoms with Gasteiger partial charge in [0.15, 0.2) is 11.0 Å². The summed E-state index contributed by atoms with van der Waals surface area (Å²) in [6.07, 6.45) is 3.53. The number of nitrogens with one attached hydrogen (secondary N) is 1. The third-order valence-electron chi connectivity index (χ3n) is 4.93. The standard InChI is InChI=1S/C22H30N4O4S/c1-3-11-31-22-25-20(24-16-9-10-17(12-16)29-14-18(27)28-2)19(23)21(26-22)30-13-15-7-5-4-6-8-15/h4-8,16-17H,3,9-14,23H2,1-2H3,(H,24,25,26). The molecule has 3 N–H and O–H groups in total. The van der Waals surface area contributed by atoms with E-state index in [-0.39, 0.29) is 24.7 Å². The number of anilines is 2. The summed E-state index contributed by atoms with van der Waals surface area (Å²) in [5, 5.41) is 4.07. The third kappa shape index (κ3) is 7.00. The van der Waals surface area contributed by atoms with Crippen molar-refractivity contribution in [3.8, 4) is 5.88 Å². The number of esters is 1. The van der Waals surface area contributed by atoms with E-state index in [0.29, 0.717) is 29.1 Å². The van der Waals surface area contributed by atoms with E-state index in [4.69, 9.17) is 15.2 Å². The van der Waals surface area contributed by atoms with Crippen LogP contribution < -0.4 is 15.8 Å². The molecule has 0 amide bonds. The van der Waals surface area contributed by atoms with Crippen molar-refractivity contribution < 1.29 is 19.0 Å². The van der Waals surface area contributed by atoms with Crippen molar-refractivity contribution in [1.82, 2.24) is 9.97 Å². The molecule has 0 bridgehead atoms. The van der Waals surface area contributed by atoms with Crippen molar-refractivity contribution in [2.45, 2.75) is 56.5 Å². The van der Waals surface area contributed by atoms with Gasteiger partial charge in [-0.25, -0.2) is 9.78 Å². The topological polar surface area (TPSA) is 109 Å². The highest BCUT2D eigenvalue weighted by Gasteiger charge is 2.27.